The van der Waals surface area contributed by atoms with E-state index in [4.69, 9.17) is 11.6 Å². The molecule has 0 atom stereocenters. The van der Waals surface area contributed by atoms with Crippen molar-refractivity contribution < 1.29 is 0 Å². The number of fused-ring (bicyclic) bond motifs is 1. The molecule has 0 aliphatic rings. The minimum absolute atomic E-state index is 0.0870. The molecule has 0 unspecified atom stereocenters. The van der Waals surface area contributed by atoms with Crippen LogP contribution in [0.5, 0.6) is 0 Å². The molecule has 0 aliphatic carbocycles. The normalized spacial score (nSPS) is 10.7. The molecule has 0 saturated heterocycles. The van der Waals surface area contributed by atoms with Crippen molar-refractivity contribution in [2.24, 2.45) is 0 Å². The lowest BCUT2D eigenvalue weighted by Gasteiger charge is -2.03. The molecular formula is C15H10ClNO. The van der Waals surface area contributed by atoms with Crippen molar-refractivity contribution >= 4 is 22.5 Å². The average Bonchev–Trinajstić information content (AvgIpc) is 2.39. The fourth-order valence-corrected chi connectivity index (χ4v) is 2.12. The zero-order valence-corrected chi connectivity index (χ0v) is 10.2. The van der Waals surface area contributed by atoms with Crippen molar-refractivity contribution in [3.05, 3.63) is 70.0 Å². The predicted octanol–water partition coefficient (Wildman–Crippen LogP) is 3.85. The van der Waals surface area contributed by atoms with Crippen LogP contribution in [0.3, 0.4) is 0 Å². The second kappa shape index (κ2) is 4.31. The van der Waals surface area contributed by atoms with E-state index in [1.807, 2.05) is 42.5 Å². The van der Waals surface area contributed by atoms with Gasteiger partial charge in [0.2, 0.25) is 0 Å². The van der Waals surface area contributed by atoms with Gasteiger partial charge in [-0.25, -0.2) is 0 Å². The van der Waals surface area contributed by atoms with E-state index in [0.717, 1.165) is 16.5 Å². The third kappa shape index (κ3) is 1.91. The van der Waals surface area contributed by atoms with Gasteiger partial charge >= 0.3 is 0 Å². The molecule has 2 nitrogen and oxygen atoms in total. The molecule has 0 saturated carbocycles. The van der Waals surface area contributed by atoms with E-state index in [1.54, 1.807) is 12.1 Å². The standard InChI is InChI=1S/C15H10ClNO/c16-12-7-5-10(6-8-12)13-9-11-3-1-2-4-14(11)17-15(13)18/h1-9H,(H,17,18). The van der Waals surface area contributed by atoms with Crippen molar-refractivity contribution in [3.8, 4) is 11.1 Å². The summed E-state index contributed by atoms with van der Waals surface area (Å²) in [6, 6.07) is 16.9. The van der Waals surface area contributed by atoms with Crippen molar-refractivity contribution in [1.82, 2.24) is 4.98 Å². The Bertz CT molecular complexity index is 759. The van der Waals surface area contributed by atoms with Crippen LogP contribution in [0, 0.1) is 0 Å². The zero-order chi connectivity index (χ0) is 12.5. The minimum Gasteiger partial charge on any atom is -0.321 e. The number of nitrogens with one attached hydrogen (secondary N) is 1. The molecule has 1 aromatic heterocycles. The van der Waals surface area contributed by atoms with E-state index in [1.165, 1.54) is 0 Å². The number of aromatic amines is 1. The summed E-state index contributed by atoms with van der Waals surface area (Å²) in [6.07, 6.45) is 0. The van der Waals surface area contributed by atoms with E-state index in [2.05, 4.69) is 4.98 Å². The van der Waals surface area contributed by atoms with Crippen molar-refractivity contribution in [1.29, 1.82) is 0 Å². The lowest BCUT2D eigenvalue weighted by molar-refractivity contribution is 1.31. The zero-order valence-electron chi connectivity index (χ0n) is 9.48. The quantitative estimate of drug-likeness (QED) is 0.704. The summed E-state index contributed by atoms with van der Waals surface area (Å²) in [5.74, 6) is 0. The van der Waals surface area contributed by atoms with Crippen LogP contribution in [-0.2, 0) is 0 Å². The summed E-state index contributed by atoms with van der Waals surface area (Å²) in [6.45, 7) is 0. The van der Waals surface area contributed by atoms with Crippen LogP contribution in [0.1, 0.15) is 0 Å². The van der Waals surface area contributed by atoms with Crippen LogP contribution in [0.25, 0.3) is 22.0 Å². The lowest BCUT2D eigenvalue weighted by atomic mass is 10.1. The van der Waals surface area contributed by atoms with Crippen LogP contribution >= 0.6 is 11.6 Å². The number of hydrogen-bond donors (Lipinski definition) is 1. The number of para-hydroxylation sites is 1. The van der Waals surface area contributed by atoms with Gasteiger partial charge in [0.15, 0.2) is 0 Å². The second-order valence-electron chi connectivity index (χ2n) is 4.11. The Hall–Kier alpha value is -2.06. The summed E-state index contributed by atoms with van der Waals surface area (Å²) < 4.78 is 0. The van der Waals surface area contributed by atoms with Crippen LogP contribution in [0.2, 0.25) is 5.02 Å². The summed E-state index contributed by atoms with van der Waals surface area (Å²) in [7, 11) is 0. The molecule has 0 bridgehead atoms. The van der Waals surface area contributed by atoms with Gasteiger partial charge in [0, 0.05) is 16.1 Å². The molecule has 0 fully saturated rings. The Morgan fingerprint density at radius 3 is 2.44 bits per heavy atom. The summed E-state index contributed by atoms with van der Waals surface area (Å²) in [5, 5.41) is 1.68. The first-order chi connectivity index (χ1) is 8.74. The topological polar surface area (TPSA) is 32.9 Å². The maximum absolute atomic E-state index is 12.0. The smallest absolute Gasteiger partial charge is 0.256 e. The van der Waals surface area contributed by atoms with Gasteiger partial charge in [-0.1, -0.05) is 41.9 Å². The maximum atomic E-state index is 12.0. The SMILES string of the molecule is O=c1[nH]c2ccccc2cc1-c1ccc(Cl)cc1. The van der Waals surface area contributed by atoms with E-state index in [-0.39, 0.29) is 5.56 Å². The lowest BCUT2D eigenvalue weighted by Crippen LogP contribution is -2.08. The maximum Gasteiger partial charge on any atom is 0.256 e. The molecule has 2 aromatic carbocycles. The summed E-state index contributed by atoms with van der Waals surface area (Å²) >= 11 is 5.85. The Morgan fingerprint density at radius 2 is 1.67 bits per heavy atom. The number of aromatic nitrogens is 1. The first kappa shape index (κ1) is 11.1. The number of halogens is 1. The highest BCUT2D eigenvalue weighted by Gasteiger charge is 2.05. The largest absolute Gasteiger partial charge is 0.321 e. The molecule has 0 aliphatic heterocycles. The minimum atomic E-state index is -0.0870. The molecule has 1 N–H and O–H groups in total. The molecular weight excluding hydrogens is 246 g/mol. The summed E-state index contributed by atoms with van der Waals surface area (Å²) in [5.41, 5.74) is 2.29. The van der Waals surface area contributed by atoms with Gasteiger partial charge in [0.1, 0.15) is 0 Å². The molecule has 1 heterocycles. The van der Waals surface area contributed by atoms with Crippen LogP contribution in [0.4, 0.5) is 0 Å². The average molecular weight is 256 g/mol. The number of H-pyrrole nitrogens is 1. The van der Waals surface area contributed by atoms with E-state index in [9.17, 15) is 4.79 Å². The predicted molar refractivity (Wildman–Crippen MR) is 75.0 cm³/mol. The molecule has 0 amide bonds. The van der Waals surface area contributed by atoms with E-state index in [0.29, 0.717) is 10.6 Å². The van der Waals surface area contributed by atoms with Gasteiger partial charge in [-0.3, -0.25) is 4.79 Å². The fourth-order valence-electron chi connectivity index (χ4n) is 1.99. The molecule has 3 aromatic rings. The highest BCUT2D eigenvalue weighted by Crippen LogP contribution is 2.21. The highest BCUT2D eigenvalue weighted by molar-refractivity contribution is 6.30. The van der Waals surface area contributed by atoms with Crippen molar-refractivity contribution in [3.63, 3.8) is 0 Å². The molecule has 0 spiro atoms. The van der Waals surface area contributed by atoms with Gasteiger partial charge < -0.3 is 4.98 Å². The summed E-state index contributed by atoms with van der Waals surface area (Å²) in [4.78, 5) is 14.9. The fraction of sp³-hybridized carbons (Fsp3) is 0. The van der Waals surface area contributed by atoms with Gasteiger partial charge in [-0.2, -0.15) is 0 Å². The Morgan fingerprint density at radius 1 is 0.944 bits per heavy atom. The van der Waals surface area contributed by atoms with Gasteiger partial charge in [-0.05, 0) is 35.2 Å². The van der Waals surface area contributed by atoms with Crippen LogP contribution in [0.15, 0.2) is 59.4 Å². The van der Waals surface area contributed by atoms with Gasteiger partial charge in [0.05, 0.1) is 0 Å². The first-order valence-corrected chi connectivity index (χ1v) is 6.00. The molecule has 0 radical (unpaired) electrons. The van der Waals surface area contributed by atoms with E-state index < -0.39 is 0 Å². The number of hydrogen-bond acceptors (Lipinski definition) is 1. The Kier molecular flexibility index (Phi) is 2.65. The first-order valence-electron chi connectivity index (χ1n) is 5.62. The number of rotatable bonds is 1. The molecule has 18 heavy (non-hydrogen) atoms. The van der Waals surface area contributed by atoms with Crippen LogP contribution in [-0.4, -0.2) is 4.98 Å². The molecule has 88 valence electrons. The Labute approximate surface area is 109 Å². The van der Waals surface area contributed by atoms with Crippen molar-refractivity contribution in [2.45, 2.75) is 0 Å². The number of benzene rings is 2. The van der Waals surface area contributed by atoms with E-state index >= 15 is 0 Å². The monoisotopic (exact) mass is 255 g/mol. The Balaban J connectivity index is 2.26. The van der Waals surface area contributed by atoms with Crippen LogP contribution < -0.4 is 5.56 Å². The third-order valence-corrected chi connectivity index (χ3v) is 3.16. The second-order valence-corrected chi connectivity index (χ2v) is 4.54. The third-order valence-electron chi connectivity index (χ3n) is 2.91. The van der Waals surface area contributed by atoms with Crippen molar-refractivity contribution in [2.75, 3.05) is 0 Å². The molecule has 3 heteroatoms. The highest BCUT2D eigenvalue weighted by atomic mass is 35.5. The van der Waals surface area contributed by atoms with Gasteiger partial charge in [-0.15, -0.1) is 0 Å². The molecule has 3 rings (SSSR count). The number of pyridine rings is 1. The van der Waals surface area contributed by atoms with Gasteiger partial charge in [0.25, 0.3) is 5.56 Å².